The Kier molecular flexibility index (Phi) is 1.33. The quantitative estimate of drug-likeness (QED) is 0.648. The molecule has 2 aromatic rings. The zero-order valence-corrected chi connectivity index (χ0v) is 7.83. The Hall–Kier alpha value is -0.740. The third kappa shape index (κ3) is 0.791. The fourth-order valence-electron chi connectivity index (χ4n) is 1.32. The second-order valence-corrected chi connectivity index (χ2v) is 4.58. The summed E-state index contributed by atoms with van der Waals surface area (Å²) >= 11 is 3.44. The van der Waals surface area contributed by atoms with Gasteiger partial charge in [-0.25, -0.2) is 0 Å². The van der Waals surface area contributed by atoms with Crippen LogP contribution in [0.25, 0.3) is 9.40 Å². The first-order chi connectivity index (χ1) is 5.95. The Labute approximate surface area is 77.3 Å². The smallest absolute Gasteiger partial charge is 0.142 e. The van der Waals surface area contributed by atoms with Crippen LogP contribution in [-0.2, 0) is 0 Å². The van der Waals surface area contributed by atoms with Crippen molar-refractivity contribution in [1.82, 2.24) is 0 Å². The van der Waals surface area contributed by atoms with Crippen LogP contribution in [0.4, 0.5) is 0 Å². The van der Waals surface area contributed by atoms with Crippen molar-refractivity contribution in [3.63, 3.8) is 0 Å². The standard InChI is InChI=1S/C8H6O2S2/c1-2-10-6-4-12-8-7(6)5(9-1)3-11-8/h3-4H,1-2H2. The van der Waals surface area contributed by atoms with Crippen LogP contribution in [0.5, 0.6) is 11.5 Å². The number of hydrogen-bond donors (Lipinski definition) is 0. The molecule has 0 atom stereocenters. The van der Waals surface area contributed by atoms with Gasteiger partial charge in [0.15, 0.2) is 0 Å². The first-order valence-corrected chi connectivity index (χ1v) is 5.45. The van der Waals surface area contributed by atoms with Gasteiger partial charge in [-0.1, -0.05) is 0 Å². The van der Waals surface area contributed by atoms with Gasteiger partial charge in [-0.3, -0.25) is 0 Å². The summed E-state index contributed by atoms with van der Waals surface area (Å²) in [4.78, 5) is 0. The zero-order chi connectivity index (χ0) is 7.97. The normalized spacial score (nSPS) is 15.3. The maximum absolute atomic E-state index is 5.51. The van der Waals surface area contributed by atoms with Gasteiger partial charge in [-0.05, 0) is 0 Å². The second-order valence-electron chi connectivity index (χ2n) is 2.56. The summed E-state index contributed by atoms with van der Waals surface area (Å²) in [5, 5.41) is 5.28. The molecular formula is C8H6O2S2. The monoisotopic (exact) mass is 198 g/mol. The van der Waals surface area contributed by atoms with Crippen LogP contribution in [0.15, 0.2) is 10.8 Å². The molecule has 0 spiro atoms. The molecule has 3 rings (SSSR count). The second kappa shape index (κ2) is 2.37. The maximum Gasteiger partial charge on any atom is 0.142 e. The molecule has 1 aliphatic heterocycles. The molecule has 2 nitrogen and oxygen atoms in total. The lowest BCUT2D eigenvalue weighted by molar-refractivity contribution is 0.232. The topological polar surface area (TPSA) is 18.5 Å². The van der Waals surface area contributed by atoms with E-state index in [-0.39, 0.29) is 0 Å². The van der Waals surface area contributed by atoms with Gasteiger partial charge in [0.05, 0.1) is 9.40 Å². The average Bonchev–Trinajstić information content (AvgIpc) is 2.57. The lowest BCUT2D eigenvalue weighted by Crippen LogP contribution is -2.05. The minimum atomic E-state index is 0.658. The van der Waals surface area contributed by atoms with Crippen molar-refractivity contribution in [2.75, 3.05) is 13.2 Å². The third-order valence-corrected chi connectivity index (χ3v) is 3.92. The van der Waals surface area contributed by atoms with Crippen molar-refractivity contribution < 1.29 is 9.47 Å². The van der Waals surface area contributed by atoms with Gasteiger partial charge in [0, 0.05) is 10.8 Å². The first-order valence-electron chi connectivity index (χ1n) is 3.69. The van der Waals surface area contributed by atoms with E-state index in [0.717, 1.165) is 11.5 Å². The molecule has 4 heteroatoms. The molecule has 0 bridgehead atoms. The highest BCUT2D eigenvalue weighted by Gasteiger charge is 2.16. The molecule has 12 heavy (non-hydrogen) atoms. The molecule has 1 aliphatic rings. The molecule has 0 aliphatic carbocycles. The predicted octanol–water partition coefficient (Wildman–Crippen LogP) is 2.73. The van der Waals surface area contributed by atoms with Crippen LogP contribution in [0.1, 0.15) is 0 Å². The number of hydrogen-bond acceptors (Lipinski definition) is 4. The maximum atomic E-state index is 5.51. The van der Waals surface area contributed by atoms with Gasteiger partial charge < -0.3 is 9.47 Å². The molecule has 0 saturated heterocycles. The van der Waals surface area contributed by atoms with Gasteiger partial charge >= 0.3 is 0 Å². The summed E-state index contributed by atoms with van der Waals surface area (Å²) in [7, 11) is 0. The Morgan fingerprint density at radius 1 is 1.00 bits per heavy atom. The average molecular weight is 198 g/mol. The fraction of sp³-hybridized carbons (Fsp3) is 0.250. The van der Waals surface area contributed by atoms with E-state index in [2.05, 4.69) is 10.8 Å². The van der Waals surface area contributed by atoms with Crippen molar-refractivity contribution in [1.29, 1.82) is 0 Å². The zero-order valence-electron chi connectivity index (χ0n) is 6.20. The van der Waals surface area contributed by atoms with E-state index >= 15 is 0 Å². The van der Waals surface area contributed by atoms with Gasteiger partial charge in [-0.2, -0.15) is 0 Å². The van der Waals surface area contributed by atoms with Crippen molar-refractivity contribution in [2.24, 2.45) is 0 Å². The largest absolute Gasteiger partial charge is 0.488 e. The van der Waals surface area contributed by atoms with Gasteiger partial charge in [0.2, 0.25) is 0 Å². The van der Waals surface area contributed by atoms with E-state index < -0.39 is 0 Å². The Morgan fingerprint density at radius 3 is 2.17 bits per heavy atom. The predicted molar refractivity (Wildman–Crippen MR) is 50.7 cm³/mol. The van der Waals surface area contributed by atoms with Crippen LogP contribution in [0.3, 0.4) is 0 Å². The lowest BCUT2D eigenvalue weighted by Gasteiger charge is -1.98. The summed E-state index contributed by atoms with van der Waals surface area (Å²) in [5.41, 5.74) is 0. The Morgan fingerprint density at radius 2 is 1.58 bits per heavy atom. The summed E-state index contributed by atoms with van der Waals surface area (Å²) in [5.74, 6) is 1.98. The SMILES string of the molecule is c1sc2scc3c2c1OCCO3. The van der Waals surface area contributed by atoms with Crippen LogP contribution >= 0.6 is 22.7 Å². The number of rotatable bonds is 0. The molecule has 0 saturated carbocycles. The minimum Gasteiger partial charge on any atom is -0.488 e. The summed E-state index contributed by atoms with van der Waals surface area (Å²) in [6, 6.07) is 0. The third-order valence-electron chi connectivity index (χ3n) is 1.84. The fourth-order valence-corrected chi connectivity index (χ4v) is 3.26. The molecule has 0 radical (unpaired) electrons. The van der Waals surface area contributed by atoms with E-state index in [1.165, 1.54) is 9.40 Å². The summed E-state index contributed by atoms with van der Waals surface area (Å²) < 4.78 is 12.3. The van der Waals surface area contributed by atoms with Crippen LogP contribution < -0.4 is 9.47 Å². The molecular weight excluding hydrogens is 192 g/mol. The van der Waals surface area contributed by atoms with Crippen molar-refractivity contribution in [3.8, 4) is 11.5 Å². The molecule has 0 amide bonds. The van der Waals surface area contributed by atoms with E-state index in [9.17, 15) is 0 Å². The highest BCUT2D eigenvalue weighted by molar-refractivity contribution is 7.37. The molecule has 0 N–H and O–H groups in total. The highest BCUT2D eigenvalue weighted by atomic mass is 32.2. The lowest BCUT2D eigenvalue weighted by atomic mass is 10.4. The van der Waals surface area contributed by atoms with Crippen molar-refractivity contribution in [2.45, 2.75) is 0 Å². The van der Waals surface area contributed by atoms with Crippen molar-refractivity contribution in [3.05, 3.63) is 10.8 Å². The summed E-state index contributed by atoms with van der Waals surface area (Å²) in [6.07, 6.45) is 0. The van der Waals surface area contributed by atoms with Crippen molar-refractivity contribution >= 4 is 32.1 Å². The Bertz CT molecular complexity index is 380. The minimum absolute atomic E-state index is 0.658. The van der Waals surface area contributed by atoms with Crippen LogP contribution in [0, 0.1) is 0 Å². The molecule has 62 valence electrons. The first kappa shape index (κ1) is 6.74. The molecule has 2 aromatic heterocycles. The van der Waals surface area contributed by atoms with E-state index in [4.69, 9.17) is 9.47 Å². The van der Waals surface area contributed by atoms with Gasteiger partial charge in [0.25, 0.3) is 0 Å². The highest BCUT2D eigenvalue weighted by Crippen LogP contribution is 2.44. The Balaban J connectivity index is 2.38. The molecule has 3 heterocycles. The number of thiophene rings is 2. The van der Waals surface area contributed by atoms with Crippen LogP contribution in [0.2, 0.25) is 0 Å². The van der Waals surface area contributed by atoms with E-state index in [1.807, 2.05) is 0 Å². The van der Waals surface area contributed by atoms with Crippen LogP contribution in [-0.4, -0.2) is 13.2 Å². The summed E-state index contributed by atoms with van der Waals surface area (Å²) in [6.45, 7) is 1.32. The van der Waals surface area contributed by atoms with E-state index in [1.54, 1.807) is 22.7 Å². The van der Waals surface area contributed by atoms with Gasteiger partial charge in [-0.15, -0.1) is 22.7 Å². The van der Waals surface area contributed by atoms with Gasteiger partial charge in [0.1, 0.15) is 24.7 Å². The molecule has 0 fully saturated rings. The molecule has 0 unspecified atom stereocenters. The number of ether oxygens (including phenoxy) is 2. The molecule has 0 aromatic carbocycles. The van der Waals surface area contributed by atoms with E-state index in [0.29, 0.717) is 13.2 Å².